The van der Waals surface area contributed by atoms with Crippen LogP contribution in [-0.4, -0.2) is 69.3 Å². The van der Waals surface area contributed by atoms with Crippen LogP contribution in [0.2, 0.25) is 5.28 Å². The Balaban J connectivity index is 1.83. The fraction of sp³-hybridized carbons (Fsp3) is 0.667. The van der Waals surface area contributed by atoms with Gasteiger partial charge >= 0.3 is 11.9 Å². The molecule has 2 aromatic rings. The second-order valence-corrected chi connectivity index (χ2v) is 9.38. The summed E-state index contributed by atoms with van der Waals surface area (Å²) in [7, 11) is 0. The lowest BCUT2D eigenvalue weighted by Crippen LogP contribution is -2.49. The Labute approximate surface area is 196 Å². The normalized spacial score (nSPS) is 23.5. The number of hydrogen-bond acceptors (Lipinski definition) is 9. The number of imidazole rings is 1. The Hall–Kier alpha value is -2.07. The van der Waals surface area contributed by atoms with Gasteiger partial charge in [-0.15, -0.1) is 0 Å². The Morgan fingerprint density at radius 1 is 1.19 bits per heavy atom. The molecule has 0 N–H and O–H groups in total. The van der Waals surface area contributed by atoms with Gasteiger partial charge in [0, 0.05) is 24.8 Å². The highest BCUT2D eigenvalue weighted by molar-refractivity contribution is 7.99. The minimum absolute atomic E-state index is 0.103. The maximum atomic E-state index is 13.4. The van der Waals surface area contributed by atoms with Crippen molar-refractivity contribution in [2.24, 2.45) is 5.92 Å². The zero-order valence-corrected chi connectivity index (χ0v) is 20.0. The molecule has 4 rings (SSSR count). The summed E-state index contributed by atoms with van der Waals surface area (Å²) in [5.74, 6) is 0.699. The van der Waals surface area contributed by atoms with E-state index in [1.165, 1.54) is 6.42 Å². The monoisotopic (exact) mass is 481 g/mol. The number of halogens is 1. The number of carbonyl (C=O) groups is 2. The van der Waals surface area contributed by atoms with Crippen LogP contribution in [-0.2, 0) is 24.6 Å². The van der Waals surface area contributed by atoms with E-state index in [0.717, 1.165) is 25.9 Å². The molecule has 4 heterocycles. The largest absolute Gasteiger partial charge is 0.466 e. The van der Waals surface area contributed by atoms with Crippen molar-refractivity contribution >= 4 is 52.3 Å². The Morgan fingerprint density at radius 3 is 2.66 bits per heavy atom. The third kappa shape index (κ3) is 4.14. The van der Waals surface area contributed by atoms with Crippen molar-refractivity contribution < 1.29 is 19.1 Å². The van der Waals surface area contributed by atoms with E-state index in [2.05, 4.69) is 19.9 Å². The van der Waals surface area contributed by atoms with Crippen LogP contribution in [0.25, 0.3) is 11.2 Å². The molecule has 2 aliphatic heterocycles. The molecule has 2 aromatic heterocycles. The molecule has 0 spiro atoms. The summed E-state index contributed by atoms with van der Waals surface area (Å²) in [5, 5.41) is 0.103. The molecule has 0 aliphatic carbocycles. The predicted molar refractivity (Wildman–Crippen MR) is 123 cm³/mol. The smallest absolute Gasteiger partial charge is 0.333 e. The number of thioether (sulfide) groups is 1. The molecule has 2 saturated heterocycles. The van der Waals surface area contributed by atoms with Gasteiger partial charge in [-0.05, 0) is 50.5 Å². The lowest BCUT2D eigenvalue weighted by atomic mass is 9.84. The summed E-state index contributed by atoms with van der Waals surface area (Å²) in [6, 6.07) is 0. The number of nitrogens with zero attached hydrogens (tertiary/aromatic N) is 5. The third-order valence-electron chi connectivity index (χ3n) is 6.10. The van der Waals surface area contributed by atoms with Crippen molar-refractivity contribution in [3.63, 3.8) is 0 Å². The predicted octanol–water partition coefficient (Wildman–Crippen LogP) is 3.04. The maximum Gasteiger partial charge on any atom is 0.333 e. The molecule has 174 valence electrons. The molecule has 9 nitrogen and oxygen atoms in total. The number of rotatable bonds is 7. The van der Waals surface area contributed by atoms with Gasteiger partial charge in [0.1, 0.15) is 0 Å². The summed E-state index contributed by atoms with van der Waals surface area (Å²) in [5.41, 5.74) is -0.0410. The van der Waals surface area contributed by atoms with Crippen molar-refractivity contribution in [2.45, 2.75) is 45.1 Å². The Kier molecular flexibility index (Phi) is 7.09. The van der Waals surface area contributed by atoms with Crippen molar-refractivity contribution in [1.29, 1.82) is 0 Å². The quantitative estimate of drug-likeness (QED) is 0.436. The Bertz CT molecular complexity index is 996. The number of fused-ring (bicyclic) bond motifs is 1. The van der Waals surface area contributed by atoms with E-state index < -0.39 is 11.5 Å². The van der Waals surface area contributed by atoms with Crippen molar-refractivity contribution in [2.75, 3.05) is 42.7 Å². The van der Waals surface area contributed by atoms with Crippen LogP contribution in [0.1, 0.15) is 39.5 Å². The molecule has 2 atom stereocenters. The highest BCUT2D eigenvalue weighted by Gasteiger charge is 2.54. The van der Waals surface area contributed by atoms with Crippen LogP contribution in [0.5, 0.6) is 0 Å². The van der Waals surface area contributed by atoms with Crippen LogP contribution in [0.15, 0.2) is 6.33 Å². The lowest BCUT2D eigenvalue weighted by molar-refractivity contribution is -0.156. The summed E-state index contributed by atoms with van der Waals surface area (Å²) >= 11 is 7.94. The van der Waals surface area contributed by atoms with E-state index in [0.29, 0.717) is 35.1 Å². The second-order valence-electron chi connectivity index (χ2n) is 8.02. The molecule has 2 aliphatic rings. The first-order valence-electron chi connectivity index (χ1n) is 11.1. The van der Waals surface area contributed by atoms with Crippen molar-refractivity contribution in [3.8, 4) is 0 Å². The fourth-order valence-corrected chi connectivity index (χ4v) is 6.34. The van der Waals surface area contributed by atoms with Gasteiger partial charge in [-0.2, -0.15) is 21.7 Å². The van der Waals surface area contributed by atoms with E-state index in [1.54, 1.807) is 36.5 Å². The van der Waals surface area contributed by atoms with Crippen LogP contribution < -0.4 is 4.90 Å². The fourth-order valence-electron chi connectivity index (χ4n) is 4.59. The molecule has 2 unspecified atom stereocenters. The summed E-state index contributed by atoms with van der Waals surface area (Å²) in [6.45, 7) is 5.82. The molecule has 0 bridgehead atoms. The average Bonchev–Trinajstić information content (AvgIpc) is 3.39. The SMILES string of the molecule is CCOC(=O)CC1CSCC1(C(=O)OCC)n1cnc2c(N3CCCCC3)nc(Cl)nc21. The van der Waals surface area contributed by atoms with Gasteiger partial charge < -0.3 is 14.4 Å². The summed E-state index contributed by atoms with van der Waals surface area (Å²) in [4.78, 5) is 41.5. The average molecular weight is 482 g/mol. The highest BCUT2D eigenvalue weighted by Crippen LogP contribution is 2.45. The second kappa shape index (κ2) is 9.82. The molecular weight excluding hydrogens is 454 g/mol. The van der Waals surface area contributed by atoms with Crippen LogP contribution in [0.4, 0.5) is 5.82 Å². The van der Waals surface area contributed by atoms with Gasteiger partial charge in [-0.1, -0.05) is 0 Å². The minimum Gasteiger partial charge on any atom is -0.466 e. The number of hydrogen-bond donors (Lipinski definition) is 0. The van der Waals surface area contributed by atoms with Gasteiger partial charge in [0.2, 0.25) is 5.28 Å². The number of esters is 2. The first-order valence-corrected chi connectivity index (χ1v) is 12.6. The molecule has 0 saturated carbocycles. The van der Waals surface area contributed by atoms with E-state index in [4.69, 9.17) is 21.1 Å². The maximum absolute atomic E-state index is 13.4. The van der Waals surface area contributed by atoms with E-state index >= 15 is 0 Å². The van der Waals surface area contributed by atoms with Gasteiger partial charge in [-0.3, -0.25) is 9.36 Å². The molecule has 0 amide bonds. The van der Waals surface area contributed by atoms with Gasteiger partial charge in [-0.25, -0.2) is 9.78 Å². The summed E-state index contributed by atoms with van der Waals surface area (Å²) in [6.07, 6.45) is 5.07. The van der Waals surface area contributed by atoms with Gasteiger partial charge in [0.05, 0.1) is 26.0 Å². The Morgan fingerprint density at radius 2 is 1.94 bits per heavy atom. The van der Waals surface area contributed by atoms with Gasteiger partial charge in [0.25, 0.3) is 0 Å². The first-order chi connectivity index (χ1) is 15.5. The van der Waals surface area contributed by atoms with Gasteiger partial charge in [0.15, 0.2) is 22.5 Å². The van der Waals surface area contributed by atoms with E-state index in [9.17, 15) is 9.59 Å². The number of piperidine rings is 1. The molecular formula is C21H28ClN5O4S. The standard InChI is InChI=1S/C21H28ClN5O4S/c1-3-30-15(28)10-14-11-32-12-21(14,19(29)31-4-2)27-13-23-16-17(24-20(22)25-18(16)27)26-8-6-5-7-9-26/h13-14H,3-12H2,1-2H3. The highest BCUT2D eigenvalue weighted by atomic mass is 35.5. The number of anilines is 1. The van der Waals surface area contributed by atoms with E-state index in [-0.39, 0.29) is 30.2 Å². The molecule has 2 fully saturated rings. The molecule has 11 heteroatoms. The van der Waals surface area contributed by atoms with Crippen LogP contribution >= 0.6 is 23.4 Å². The topological polar surface area (TPSA) is 99.4 Å². The van der Waals surface area contributed by atoms with Crippen molar-refractivity contribution in [3.05, 3.63) is 11.6 Å². The van der Waals surface area contributed by atoms with Crippen LogP contribution in [0.3, 0.4) is 0 Å². The number of aromatic nitrogens is 4. The molecule has 0 radical (unpaired) electrons. The zero-order chi connectivity index (χ0) is 22.7. The van der Waals surface area contributed by atoms with Crippen LogP contribution in [0, 0.1) is 5.92 Å². The minimum atomic E-state index is -1.13. The lowest BCUT2D eigenvalue weighted by Gasteiger charge is -2.33. The third-order valence-corrected chi connectivity index (χ3v) is 7.55. The zero-order valence-electron chi connectivity index (χ0n) is 18.4. The molecule has 32 heavy (non-hydrogen) atoms. The molecule has 0 aromatic carbocycles. The van der Waals surface area contributed by atoms with Crippen molar-refractivity contribution in [1.82, 2.24) is 19.5 Å². The van der Waals surface area contributed by atoms with E-state index in [1.807, 2.05) is 0 Å². The first kappa shape index (κ1) is 23.1. The number of carbonyl (C=O) groups excluding carboxylic acids is 2. The number of ether oxygens (including phenoxy) is 2. The summed E-state index contributed by atoms with van der Waals surface area (Å²) < 4.78 is 12.4.